The van der Waals surface area contributed by atoms with Crippen LogP contribution in [0.4, 0.5) is 5.69 Å². The van der Waals surface area contributed by atoms with Gasteiger partial charge in [0.05, 0.1) is 143 Å². The highest BCUT2D eigenvalue weighted by atomic mass is 16.6. The van der Waals surface area contributed by atoms with E-state index < -0.39 is 29.7 Å². The molecule has 17 heteroatoms. The number of amides is 4. The molecule has 2 heterocycles. The number of benzene rings is 2. The lowest BCUT2D eigenvalue weighted by Crippen LogP contribution is -2.54. The molecule has 0 radical (unpaired) electrons. The Morgan fingerprint density at radius 1 is 0.526 bits per heavy atom. The smallest absolute Gasteiger partial charge is 0.264 e. The summed E-state index contributed by atoms with van der Waals surface area (Å²) >= 11 is 0. The molecule has 2 aliphatic rings. The predicted octanol–water partition coefficient (Wildman–Crippen LogP) is 1.87. The van der Waals surface area contributed by atoms with Gasteiger partial charge in [0.2, 0.25) is 11.8 Å². The lowest BCUT2D eigenvalue weighted by molar-refractivity contribution is -0.136. The molecule has 0 bridgehead atoms. The van der Waals surface area contributed by atoms with Crippen molar-refractivity contribution in [2.24, 2.45) is 0 Å². The van der Waals surface area contributed by atoms with Crippen molar-refractivity contribution in [3.63, 3.8) is 0 Å². The predicted molar refractivity (Wildman–Crippen MR) is 205 cm³/mol. The lowest BCUT2D eigenvalue weighted by Gasteiger charge is -2.27. The number of carbonyl (C=O) groups is 4. The van der Waals surface area contributed by atoms with Crippen molar-refractivity contribution in [3.05, 3.63) is 65.2 Å². The highest BCUT2D eigenvalue weighted by Gasteiger charge is 2.45. The van der Waals surface area contributed by atoms with E-state index in [0.717, 1.165) is 10.5 Å². The summed E-state index contributed by atoms with van der Waals surface area (Å²) in [7, 11) is 0. The summed E-state index contributed by atoms with van der Waals surface area (Å²) in [4.78, 5) is 50.9. The Morgan fingerprint density at radius 2 is 0.982 bits per heavy atom. The number of hydrogen-bond acceptors (Lipinski definition) is 15. The molecular weight excluding hydrogens is 746 g/mol. The molecule has 2 N–H and O–H groups in total. The van der Waals surface area contributed by atoms with E-state index in [1.165, 1.54) is 0 Å². The molecule has 1 atom stereocenters. The maximum Gasteiger partial charge on any atom is 0.264 e. The molecule has 0 aromatic heterocycles. The van der Waals surface area contributed by atoms with Gasteiger partial charge in [-0.2, -0.15) is 0 Å². The van der Waals surface area contributed by atoms with Crippen molar-refractivity contribution in [3.8, 4) is 0 Å². The Hall–Kier alpha value is -3.88. The van der Waals surface area contributed by atoms with Crippen LogP contribution in [0.5, 0.6) is 0 Å². The fourth-order valence-electron chi connectivity index (χ4n) is 5.66. The van der Waals surface area contributed by atoms with Crippen molar-refractivity contribution >= 4 is 29.3 Å². The van der Waals surface area contributed by atoms with Crippen LogP contribution in [0.2, 0.25) is 0 Å². The van der Waals surface area contributed by atoms with Crippen LogP contribution in [0.15, 0.2) is 48.5 Å². The van der Waals surface area contributed by atoms with Gasteiger partial charge in [-0.05, 0) is 24.1 Å². The average molecular weight is 804 g/mol. The van der Waals surface area contributed by atoms with Crippen molar-refractivity contribution < 1.29 is 66.5 Å². The van der Waals surface area contributed by atoms with Crippen LogP contribution < -0.4 is 10.6 Å². The van der Waals surface area contributed by atoms with Gasteiger partial charge in [0.15, 0.2) is 0 Å². The standard InChI is InChI=1S/C40H57N3O14/c44-36-10-9-35(38(45)42-36)43-39(46)33-7-4-8-34(37(33)40(43)47)41-11-12-48-13-14-49-15-16-50-17-18-51-19-20-52-21-22-53-23-24-54-25-26-55-27-28-56-29-30-57-31-32-5-2-1-3-6-32/h1-8,35,41H,9-31H2,(H,42,44,45). The minimum atomic E-state index is -1.01. The molecule has 2 aliphatic heterocycles. The normalized spacial score (nSPS) is 15.4. The molecule has 2 aromatic rings. The number of imide groups is 2. The second-order valence-corrected chi connectivity index (χ2v) is 12.7. The van der Waals surface area contributed by atoms with E-state index in [2.05, 4.69) is 10.6 Å². The summed E-state index contributed by atoms with van der Waals surface area (Å²) in [5, 5.41) is 5.33. The number of nitrogens with zero attached hydrogens (tertiary/aromatic N) is 1. The van der Waals surface area contributed by atoms with E-state index in [-0.39, 0.29) is 24.0 Å². The molecule has 4 amide bonds. The van der Waals surface area contributed by atoms with Gasteiger partial charge >= 0.3 is 0 Å². The van der Waals surface area contributed by atoms with Crippen LogP contribution in [0, 0.1) is 0 Å². The van der Waals surface area contributed by atoms with Crippen molar-refractivity contribution in [1.82, 2.24) is 10.2 Å². The van der Waals surface area contributed by atoms with Gasteiger partial charge in [0.1, 0.15) is 6.04 Å². The number of hydrogen-bond donors (Lipinski definition) is 2. The molecule has 1 saturated heterocycles. The van der Waals surface area contributed by atoms with E-state index in [0.29, 0.717) is 144 Å². The van der Waals surface area contributed by atoms with Crippen LogP contribution in [0.3, 0.4) is 0 Å². The second kappa shape index (κ2) is 28.5. The number of rotatable bonds is 34. The van der Waals surface area contributed by atoms with Crippen LogP contribution in [0.25, 0.3) is 0 Å². The molecule has 2 aromatic carbocycles. The first-order chi connectivity index (χ1) is 28.1. The molecule has 1 fully saturated rings. The third-order valence-electron chi connectivity index (χ3n) is 8.49. The fraction of sp³-hybridized carbons (Fsp3) is 0.600. The SMILES string of the molecule is O=C1CCC(N2C(=O)c3cccc(NCCOCCOCCOCCOCCOCCOCCOCCOCCOCCOCc4ccccc4)c3C2=O)C(=O)N1. The molecule has 57 heavy (non-hydrogen) atoms. The van der Waals surface area contributed by atoms with Crippen molar-refractivity contribution in [2.75, 3.05) is 137 Å². The molecule has 0 spiro atoms. The van der Waals surface area contributed by atoms with Crippen molar-refractivity contribution in [1.29, 1.82) is 0 Å². The summed E-state index contributed by atoms with van der Waals surface area (Å²) in [5.41, 5.74) is 2.06. The number of nitrogens with one attached hydrogen (secondary N) is 2. The lowest BCUT2D eigenvalue weighted by atomic mass is 10.0. The quantitative estimate of drug-likeness (QED) is 0.0771. The summed E-state index contributed by atoms with van der Waals surface area (Å²) in [6.45, 7) is 9.79. The third-order valence-corrected chi connectivity index (χ3v) is 8.49. The first kappa shape index (κ1) is 45.8. The van der Waals surface area contributed by atoms with Gasteiger partial charge in [-0.1, -0.05) is 36.4 Å². The molecule has 0 saturated carbocycles. The topological polar surface area (TPSA) is 188 Å². The van der Waals surface area contributed by atoms with E-state index in [9.17, 15) is 19.2 Å². The first-order valence-corrected chi connectivity index (χ1v) is 19.5. The Bertz CT molecular complexity index is 1470. The van der Waals surface area contributed by atoms with E-state index in [4.69, 9.17) is 47.4 Å². The first-order valence-electron chi connectivity index (χ1n) is 19.5. The Morgan fingerprint density at radius 3 is 1.46 bits per heavy atom. The minimum Gasteiger partial charge on any atom is -0.382 e. The average Bonchev–Trinajstić information content (AvgIpc) is 3.47. The molecule has 1 unspecified atom stereocenters. The molecule has 4 rings (SSSR count). The number of fused-ring (bicyclic) bond motifs is 1. The zero-order valence-corrected chi connectivity index (χ0v) is 32.6. The van der Waals surface area contributed by atoms with Crippen LogP contribution in [-0.2, 0) is 63.6 Å². The Labute approximate surface area is 333 Å². The third kappa shape index (κ3) is 17.7. The monoisotopic (exact) mass is 803 g/mol. The van der Waals surface area contributed by atoms with Crippen LogP contribution in [-0.4, -0.2) is 167 Å². The van der Waals surface area contributed by atoms with Gasteiger partial charge in [-0.3, -0.25) is 29.4 Å². The zero-order chi connectivity index (χ0) is 40.2. The van der Waals surface area contributed by atoms with Gasteiger partial charge in [-0.15, -0.1) is 0 Å². The highest BCUT2D eigenvalue weighted by Crippen LogP contribution is 2.32. The van der Waals surface area contributed by atoms with Gasteiger partial charge in [0, 0.05) is 18.7 Å². The van der Waals surface area contributed by atoms with Crippen molar-refractivity contribution in [2.45, 2.75) is 25.5 Å². The molecule has 316 valence electrons. The molecule has 0 aliphatic carbocycles. The van der Waals surface area contributed by atoms with Crippen LogP contribution in [0.1, 0.15) is 39.1 Å². The van der Waals surface area contributed by atoms with Gasteiger partial charge < -0.3 is 52.7 Å². The van der Waals surface area contributed by atoms with E-state index in [1.807, 2.05) is 30.3 Å². The maximum absolute atomic E-state index is 13.2. The summed E-state index contributed by atoms with van der Waals surface area (Å²) in [6, 6.07) is 13.9. The number of piperidine rings is 1. The largest absolute Gasteiger partial charge is 0.382 e. The van der Waals surface area contributed by atoms with E-state index in [1.54, 1.807) is 18.2 Å². The Balaban J connectivity index is 0.830. The summed E-state index contributed by atoms with van der Waals surface area (Å²) in [6.07, 6.45) is 0.169. The minimum absolute atomic E-state index is 0.0657. The number of ether oxygens (including phenoxy) is 10. The number of carbonyl (C=O) groups excluding carboxylic acids is 4. The zero-order valence-electron chi connectivity index (χ0n) is 32.6. The van der Waals surface area contributed by atoms with Gasteiger partial charge in [-0.25, -0.2) is 0 Å². The molecule has 17 nitrogen and oxygen atoms in total. The summed E-state index contributed by atoms with van der Waals surface area (Å²) < 4.78 is 55.2. The number of anilines is 1. The van der Waals surface area contributed by atoms with Crippen LogP contribution >= 0.6 is 0 Å². The highest BCUT2D eigenvalue weighted by molar-refractivity contribution is 6.25. The maximum atomic E-state index is 13.2. The molecular formula is C40H57N3O14. The Kier molecular flexibility index (Phi) is 22.9. The second-order valence-electron chi connectivity index (χ2n) is 12.7. The fourth-order valence-corrected chi connectivity index (χ4v) is 5.66. The van der Waals surface area contributed by atoms with Gasteiger partial charge in [0.25, 0.3) is 11.8 Å². The van der Waals surface area contributed by atoms with E-state index >= 15 is 0 Å². The summed E-state index contributed by atoms with van der Waals surface area (Å²) in [5.74, 6) is -2.17.